The minimum absolute atomic E-state index is 0.149. The summed E-state index contributed by atoms with van der Waals surface area (Å²) in [4.78, 5) is 0. The fourth-order valence-corrected chi connectivity index (χ4v) is 9.54. The van der Waals surface area contributed by atoms with Gasteiger partial charge in [0.25, 0.3) is 0 Å². The van der Waals surface area contributed by atoms with Gasteiger partial charge in [-0.2, -0.15) is 10.2 Å². The summed E-state index contributed by atoms with van der Waals surface area (Å²) in [6.45, 7) is 4.58. The molecule has 2 radical (unpaired) electrons. The molecule has 4 nitrogen and oxygen atoms in total. The van der Waals surface area contributed by atoms with Crippen molar-refractivity contribution in [2.45, 2.75) is 59.9 Å². The first kappa shape index (κ1) is 42.5. The van der Waals surface area contributed by atoms with Crippen molar-refractivity contribution in [2.24, 2.45) is 10.2 Å². The van der Waals surface area contributed by atoms with Crippen LogP contribution in [0.5, 0.6) is 0 Å². The molecule has 0 heterocycles. The fourth-order valence-electron chi connectivity index (χ4n) is 3.71. The minimum Gasteiger partial charge on any atom is -0.262 e. The summed E-state index contributed by atoms with van der Waals surface area (Å²) in [6.07, 6.45) is 8.68. The van der Waals surface area contributed by atoms with Crippen LogP contribution in [0, 0.1) is 11.6 Å². The number of nitrogens with zero attached hydrogens (tertiary/aromatic N) is 2. The van der Waals surface area contributed by atoms with Crippen LogP contribution in [-0.4, -0.2) is 42.2 Å². The van der Waals surface area contributed by atoms with Gasteiger partial charge in [0.05, 0.1) is 12.4 Å². The van der Waals surface area contributed by atoms with E-state index in [-0.39, 0.29) is 32.8 Å². The first-order chi connectivity index (χ1) is 23.9. The molecular formula is C38H44F2N4S4Sn. The van der Waals surface area contributed by atoms with Crippen LogP contribution < -0.4 is 10.9 Å². The number of nitrogens with one attached hydrogen (secondary N) is 2. The standard InChI is InChI=1S/2C15H13FN2S2.2C4H9.Sn/c2*16-14-9-5-4-8-13(14)10-17-18-15(19)20-11-12-6-2-1-3-7-12;2*1-3-4-2;/h2*1-10H,11H2,(H,18,19);2*1,3-4H2,2H3;. The summed E-state index contributed by atoms with van der Waals surface area (Å²) in [5.74, 6) is 0.950. The first-order valence-corrected chi connectivity index (χ1v) is 22.9. The van der Waals surface area contributed by atoms with Crippen molar-refractivity contribution >= 4 is 90.2 Å². The van der Waals surface area contributed by atoms with Crippen LogP contribution in [0.1, 0.15) is 61.8 Å². The zero-order valence-electron chi connectivity index (χ0n) is 28.0. The van der Waals surface area contributed by atoms with E-state index in [4.69, 9.17) is 24.4 Å². The molecule has 0 amide bonds. The molecule has 4 aromatic rings. The van der Waals surface area contributed by atoms with E-state index in [1.165, 1.54) is 84.9 Å². The van der Waals surface area contributed by atoms with Gasteiger partial charge in [0.1, 0.15) is 11.6 Å². The third-order valence-electron chi connectivity index (χ3n) is 6.37. The fraction of sp³-hybridized carbons (Fsp3) is 0.263. The van der Waals surface area contributed by atoms with Gasteiger partial charge in [-0.1, -0.05) is 145 Å². The Labute approximate surface area is 320 Å². The molecule has 0 fully saturated rings. The van der Waals surface area contributed by atoms with Gasteiger partial charge in [0.2, 0.25) is 0 Å². The Bertz CT molecular complexity index is 1430. The zero-order valence-corrected chi connectivity index (χ0v) is 34.1. The van der Waals surface area contributed by atoms with Gasteiger partial charge < -0.3 is 0 Å². The first-order valence-electron chi connectivity index (χ1n) is 16.1. The summed E-state index contributed by atoms with van der Waals surface area (Å²) in [6, 6.07) is 33.0. The Hall–Kier alpha value is -2.64. The largest absolute Gasteiger partial charge is 0.262 e. The van der Waals surface area contributed by atoms with E-state index in [0.717, 1.165) is 11.5 Å². The summed E-state index contributed by atoms with van der Waals surface area (Å²) in [5, 5.41) is 7.88. The number of thiocarbonyl (C=S) groups is 2. The van der Waals surface area contributed by atoms with Crippen LogP contribution in [-0.2, 0) is 11.5 Å². The summed E-state index contributed by atoms with van der Waals surface area (Å²) in [5.41, 5.74) is 8.69. The molecule has 0 aromatic heterocycles. The monoisotopic (exact) mass is 842 g/mol. The van der Waals surface area contributed by atoms with Crippen molar-refractivity contribution in [3.8, 4) is 0 Å². The molecule has 4 rings (SSSR count). The van der Waals surface area contributed by atoms with Crippen LogP contribution in [0.2, 0.25) is 8.87 Å². The molecule has 2 N–H and O–H groups in total. The maximum atomic E-state index is 13.3. The minimum atomic E-state index is -0.305. The van der Waals surface area contributed by atoms with Gasteiger partial charge in [-0.05, 0) is 23.3 Å². The van der Waals surface area contributed by atoms with Gasteiger partial charge in [-0.25, -0.2) is 8.78 Å². The molecule has 0 aliphatic heterocycles. The predicted molar refractivity (Wildman–Crippen MR) is 220 cm³/mol. The number of rotatable bonds is 14. The Morgan fingerprint density at radius 3 is 1.35 bits per heavy atom. The molecule has 0 saturated heterocycles. The number of hydrazone groups is 2. The van der Waals surface area contributed by atoms with Gasteiger partial charge in [-0.3, -0.25) is 10.9 Å². The third-order valence-corrected chi connectivity index (χ3v) is 13.0. The van der Waals surface area contributed by atoms with Gasteiger partial charge in [-0.15, -0.1) is 0 Å². The van der Waals surface area contributed by atoms with Gasteiger partial charge >= 0.3 is 69.5 Å². The van der Waals surface area contributed by atoms with E-state index >= 15 is 0 Å². The topological polar surface area (TPSA) is 48.8 Å². The predicted octanol–water partition coefficient (Wildman–Crippen LogP) is 11.1. The molecule has 4 aromatic carbocycles. The van der Waals surface area contributed by atoms with E-state index in [1.807, 2.05) is 60.7 Å². The van der Waals surface area contributed by atoms with Crippen LogP contribution in [0.25, 0.3) is 0 Å². The maximum absolute atomic E-state index is 13.3. The van der Waals surface area contributed by atoms with E-state index in [9.17, 15) is 8.78 Å². The second-order valence-corrected chi connectivity index (χ2v) is 17.9. The van der Waals surface area contributed by atoms with E-state index < -0.39 is 0 Å². The molecule has 0 spiro atoms. The van der Waals surface area contributed by atoms with Crippen molar-refractivity contribution in [3.63, 3.8) is 0 Å². The number of halogens is 2. The summed E-state index contributed by atoms with van der Waals surface area (Å²) in [7, 11) is 0. The van der Waals surface area contributed by atoms with Gasteiger partial charge in [0, 0.05) is 22.6 Å². The quantitative estimate of drug-likeness (QED) is 0.0434. The summed E-state index contributed by atoms with van der Waals surface area (Å²) >= 11 is 13.4. The Kier molecular flexibility index (Phi) is 24.4. The van der Waals surface area contributed by atoms with E-state index in [1.54, 1.807) is 45.3 Å². The van der Waals surface area contributed by atoms with E-state index in [2.05, 4.69) is 34.9 Å². The number of thioether (sulfide) groups is 2. The Morgan fingerprint density at radius 1 is 0.612 bits per heavy atom. The molecule has 0 saturated carbocycles. The summed E-state index contributed by atoms with van der Waals surface area (Å²) < 4.78 is 31.0. The molecule has 11 heteroatoms. The molecule has 0 aliphatic carbocycles. The van der Waals surface area contributed by atoms with Crippen LogP contribution in [0.3, 0.4) is 0 Å². The second kappa shape index (κ2) is 28.1. The van der Waals surface area contributed by atoms with Crippen molar-refractivity contribution in [1.82, 2.24) is 10.9 Å². The average Bonchev–Trinajstić information content (AvgIpc) is 3.13. The number of unbranched alkanes of at least 4 members (excludes halogenated alkanes) is 2. The van der Waals surface area contributed by atoms with E-state index in [0.29, 0.717) is 19.8 Å². The number of benzene rings is 4. The number of hydrogen-bond donors (Lipinski definition) is 2. The second-order valence-electron chi connectivity index (χ2n) is 10.4. The SMILES string of the molecule is CCC[CH2][Sn][CH2]CCC.Fc1ccccc1C=NNC(=S)SCc1ccccc1.Fc1ccccc1C=NNC(=S)SCc1ccccc1. The molecule has 0 atom stereocenters. The average molecular weight is 842 g/mol. The molecule has 49 heavy (non-hydrogen) atoms. The van der Waals surface area contributed by atoms with Crippen LogP contribution in [0.15, 0.2) is 119 Å². The Balaban J connectivity index is 0.000000275. The van der Waals surface area contributed by atoms with Gasteiger partial charge in [0.15, 0.2) is 8.64 Å². The van der Waals surface area contributed by atoms with Crippen LogP contribution in [0.4, 0.5) is 8.78 Å². The normalized spacial score (nSPS) is 10.5. The molecule has 0 unspecified atom stereocenters. The number of hydrogen-bond acceptors (Lipinski definition) is 6. The van der Waals surface area contributed by atoms with Crippen molar-refractivity contribution in [2.75, 3.05) is 0 Å². The third kappa shape index (κ3) is 21.2. The molecule has 0 bridgehead atoms. The van der Waals surface area contributed by atoms with Crippen molar-refractivity contribution in [1.29, 1.82) is 0 Å². The maximum Gasteiger partial charge on any atom is 0.154 e. The van der Waals surface area contributed by atoms with Crippen LogP contribution >= 0.6 is 48.0 Å². The molecule has 258 valence electrons. The van der Waals surface area contributed by atoms with Crippen molar-refractivity contribution in [3.05, 3.63) is 143 Å². The smallest absolute Gasteiger partial charge is 0.154 e. The zero-order chi connectivity index (χ0) is 35.4. The molecular weight excluding hydrogens is 797 g/mol. The molecule has 0 aliphatic rings. The van der Waals surface area contributed by atoms with Crippen molar-refractivity contribution < 1.29 is 8.78 Å². The Morgan fingerprint density at radius 2 is 0.980 bits per heavy atom.